The predicted molar refractivity (Wildman–Crippen MR) is 85.8 cm³/mol. The molecule has 0 aromatic heterocycles. The molecule has 8 heteroatoms. The predicted octanol–water partition coefficient (Wildman–Crippen LogP) is -0.160. The number of carbonyl (C=O) groups is 3. The molecule has 2 heterocycles. The lowest BCUT2D eigenvalue weighted by Gasteiger charge is -2.51. The number of benzene rings is 1. The number of rotatable bonds is 4. The van der Waals surface area contributed by atoms with Gasteiger partial charge in [-0.1, -0.05) is 30.3 Å². The lowest BCUT2D eigenvalue weighted by Crippen LogP contribution is -2.74. The number of aliphatic carboxylic acids is 1. The zero-order chi connectivity index (χ0) is 17.3. The van der Waals surface area contributed by atoms with Crippen LogP contribution >= 0.6 is 11.8 Å². The highest BCUT2D eigenvalue weighted by atomic mass is 32.2. The first-order valence-corrected chi connectivity index (χ1v) is 8.31. The van der Waals surface area contributed by atoms with Gasteiger partial charge in [0.05, 0.1) is 12.0 Å². The number of hydrogen-bond donors (Lipinski definition) is 2. The van der Waals surface area contributed by atoms with Gasteiger partial charge in [0.25, 0.3) is 0 Å². The second-order valence-electron chi connectivity index (χ2n) is 5.52. The molecule has 124 valence electrons. The van der Waals surface area contributed by atoms with Crippen LogP contribution in [0.1, 0.15) is 5.56 Å². The quantitative estimate of drug-likeness (QED) is 0.580. The summed E-state index contributed by atoms with van der Waals surface area (Å²) in [6, 6.07) is 7.06. The highest BCUT2D eigenvalue weighted by Crippen LogP contribution is 2.39. The Bertz CT molecular complexity index is 744. The average Bonchev–Trinajstić information content (AvgIpc) is 2.58. The molecule has 7 nitrogen and oxygen atoms in total. The average molecular weight is 346 g/mol. The van der Waals surface area contributed by atoms with Crippen LogP contribution in [0.25, 0.3) is 0 Å². The van der Waals surface area contributed by atoms with Gasteiger partial charge in [0.15, 0.2) is 6.04 Å². The Kier molecular flexibility index (Phi) is 4.42. The Morgan fingerprint density at radius 3 is 2.67 bits per heavy atom. The fourth-order valence-corrected chi connectivity index (χ4v) is 4.18. The molecule has 0 spiro atoms. The van der Waals surface area contributed by atoms with Gasteiger partial charge in [-0.3, -0.25) is 9.59 Å². The molecule has 1 aromatic carbocycles. The summed E-state index contributed by atoms with van der Waals surface area (Å²) in [6.45, 7) is 0. The van der Waals surface area contributed by atoms with E-state index >= 15 is 0 Å². The number of amides is 2. The number of carboxylic acids is 1. The summed E-state index contributed by atoms with van der Waals surface area (Å²) in [7, 11) is 0. The zero-order valence-electron chi connectivity index (χ0n) is 12.5. The van der Waals surface area contributed by atoms with E-state index in [2.05, 4.69) is 5.32 Å². The molecule has 3 rings (SSSR count). The van der Waals surface area contributed by atoms with Crippen molar-refractivity contribution < 1.29 is 24.3 Å². The van der Waals surface area contributed by atoms with Crippen LogP contribution in [-0.2, 0) is 25.6 Å². The smallest absolute Gasteiger partial charge is 0.331 e. The second-order valence-corrected chi connectivity index (χ2v) is 6.63. The van der Waals surface area contributed by atoms with E-state index in [1.54, 1.807) is 5.94 Å². The Hall–Kier alpha value is -2.57. The van der Waals surface area contributed by atoms with E-state index in [-0.39, 0.29) is 23.7 Å². The zero-order valence-corrected chi connectivity index (χ0v) is 13.3. The fraction of sp³-hybridized carbons (Fsp3) is 0.312. The molecule has 24 heavy (non-hydrogen) atoms. The van der Waals surface area contributed by atoms with Gasteiger partial charge in [0, 0.05) is 5.75 Å². The molecule has 2 fully saturated rings. The lowest BCUT2D eigenvalue weighted by molar-refractivity contribution is -0.160. The molecule has 1 aromatic rings. The third-order valence-electron chi connectivity index (χ3n) is 3.99. The van der Waals surface area contributed by atoms with Crippen LogP contribution in [0.15, 0.2) is 35.9 Å². The minimum Gasteiger partial charge on any atom is -0.479 e. The Morgan fingerprint density at radius 1 is 1.33 bits per heavy atom. The van der Waals surface area contributed by atoms with Crippen molar-refractivity contribution in [1.82, 2.24) is 10.2 Å². The molecular weight excluding hydrogens is 332 g/mol. The van der Waals surface area contributed by atoms with E-state index in [0.717, 1.165) is 10.5 Å². The standard InChI is InChI=1S/C16H14N2O5S/c19-7-10-8-24-15-12(14(21)18(15)13(10)16(22)23)17-11(20)6-9-4-2-1-3-5-9/h1-5,12-13,15H,6,8H2,(H,17,20)(H,22,23)/t12?,13?,15-/m1/s1. The molecule has 0 aliphatic carbocycles. The largest absolute Gasteiger partial charge is 0.479 e. The van der Waals surface area contributed by atoms with Gasteiger partial charge in [-0.2, -0.15) is 0 Å². The van der Waals surface area contributed by atoms with Crippen LogP contribution in [0.3, 0.4) is 0 Å². The highest BCUT2D eigenvalue weighted by Gasteiger charge is 2.56. The summed E-state index contributed by atoms with van der Waals surface area (Å²) in [5, 5.41) is 11.4. The molecule has 0 bridgehead atoms. The van der Waals surface area contributed by atoms with Crippen LogP contribution in [0.5, 0.6) is 0 Å². The number of carboxylic acid groups (broad SMARTS) is 1. The maximum absolute atomic E-state index is 12.3. The Morgan fingerprint density at radius 2 is 2.04 bits per heavy atom. The first-order chi connectivity index (χ1) is 11.5. The number of thioether (sulfide) groups is 1. The number of nitrogens with one attached hydrogen (secondary N) is 1. The maximum Gasteiger partial charge on any atom is 0.331 e. The Balaban J connectivity index is 1.68. The van der Waals surface area contributed by atoms with Crippen molar-refractivity contribution in [2.24, 2.45) is 0 Å². The molecule has 2 aliphatic rings. The third-order valence-corrected chi connectivity index (χ3v) is 5.31. The molecule has 2 aliphatic heterocycles. The number of carbonyl (C=O) groups excluding carboxylic acids is 3. The molecule has 3 atom stereocenters. The summed E-state index contributed by atoms with van der Waals surface area (Å²) < 4.78 is 0. The maximum atomic E-state index is 12.3. The summed E-state index contributed by atoms with van der Waals surface area (Å²) in [5.41, 5.74) is 0.857. The first-order valence-electron chi connectivity index (χ1n) is 7.26. The van der Waals surface area contributed by atoms with E-state index < -0.39 is 29.3 Å². The van der Waals surface area contributed by atoms with Gasteiger partial charge in [0.2, 0.25) is 11.8 Å². The molecule has 2 N–H and O–H groups in total. The van der Waals surface area contributed by atoms with Crippen molar-refractivity contribution in [2.75, 3.05) is 5.75 Å². The van der Waals surface area contributed by atoms with E-state index in [9.17, 15) is 24.3 Å². The van der Waals surface area contributed by atoms with Gasteiger partial charge in [0.1, 0.15) is 17.4 Å². The van der Waals surface area contributed by atoms with Crippen LogP contribution < -0.4 is 5.32 Å². The summed E-state index contributed by atoms with van der Waals surface area (Å²) >= 11 is 1.25. The number of nitrogens with zero attached hydrogens (tertiary/aromatic N) is 1. The summed E-state index contributed by atoms with van der Waals surface area (Å²) in [6.07, 6.45) is 0.143. The Labute approximate surface area is 141 Å². The lowest BCUT2D eigenvalue weighted by atomic mass is 9.98. The van der Waals surface area contributed by atoms with Gasteiger partial charge in [-0.25, -0.2) is 9.59 Å². The number of β-lactam (4-membered cyclic amide) rings is 1. The van der Waals surface area contributed by atoms with Crippen LogP contribution in [0, 0.1) is 0 Å². The monoisotopic (exact) mass is 346 g/mol. The van der Waals surface area contributed by atoms with E-state index in [0.29, 0.717) is 0 Å². The fourth-order valence-electron chi connectivity index (χ4n) is 2.85. The van der Waals surface area contributed by atoms with Crippen LogP contribution in [0.4, 0.5) is 0 Å². The molecule has 2 amide bonds. The van der Waals surface area contributed by atoms with E-state index in [4.69, 9.17) is 0 Å². The molecule has 2 saturated heterocycles. The topological polar surface area (TPSA) is 104 Å². The minimum atomic E-state index is -1.29. The van der Waals surface area contributed by atoms with Crippen LogP contribution in [0.2, 0.25) is 0 Å². The van der Waals surface area contributed by atoms with Gasteiger partial charge < -0.3 is 15.3 Å². The van der Waals surface area contributed by atoms with Crippen molar-refractivity contribution in [3.8, 4) is 0 Å². The minimum absolute atomic E-state index is 0.0335. The summed E-state index contributed by atoms with van der Waals surface area (Å²) in [5.74, 6) is -0.264. The van der Waals surface area contributed by atoms with Gasteiger partial charge in [-0.15, -0.1) is 11.8 Å². The molecule has 0 radical (unpaired) electrons. The molecule has 2 unspecified atom stereocenters. The second kappa shape index (κ2) is 6.51. The number of fused-ring (bicyclic) bond motifs is 1. The van der Waals surface area contributed by atoms with Crippen molar-refractivity contribution in [3.05, 3.63) is 41.5 Å². The first kappa shape index (κ1) is 16.3. The van der Waals surface area contributed by atoms with Crippen molar-refractivity contribution in [2.45, 2.75) is 23.9 Å². The van der Waals surface area contributed by atoms with E-state index in [1.807, 2.05) is 30.3 Å². The van der Waals surface area contributed by atoms with Gasteiger partial charge >= 0.3 is 5.97 Å². The summed E-state index contributed by atoms with van der Waals surface area (Å²) in [4.78, 5) is 47.7. The normalized spacial score (nSPS) is 25.3. The number of hydrogen-bond acceptors (Lipinski definition) is 5. The van der Waals surface area contributed by atoms with Gasteiger partial charge in [-0.05, 0) is 5.56 Å². The van der Waals surface area contributed by atoms with E-state index in [1.165, 1.54) is 11.8 Å². The third kappa shape index (κ3) is 2.81. The van der Waals surface area contributed by atoms with Crippen molar-refractivity contribution >= 4 is 35.5 Å². The molecular formula is C16H14N2O5S. The van der Waals surface area contributed by atoms with Crippen molar-refractivity contribution in [1.29, 1.82) is 0 Å². The molecule has 0 saturated carbocycles. The van der Waals surface area contributed by atoms with Crippen molar-refractivity contribution in [3.63, 3.8) is 0 Å². The highest BCUT2D eigenvalue weighted by molar-refractivity contribution is 8.00. The SMILES string of the molecule is O=C=C1CS[C@@H]2C(NC(=O)Cc3ccccc3)C(=O)N2C1C(=O)O. The van der Waals surface area contributed by atoms with Crippen LogP contribution in [-0.4, -0.2) is 56.9 Å².